The fourth-order valence-corrected chi connectivity index (χ4v) is 2.41. The highest BCUT2D eigenvalue weighted by Crippen LogP contribution is 2.19. The summed E-state index contributed by atoms with van der Waals surface area (Å²) in [4.78, 5) is 29.3. The molecule has 0 saturated heterocycles. The lowest BCUT2D eigenvalue weighted by molar-refractivity contribution is -0.131. The first-order valence-electron chi connectivity index (χ1n) is 5.67. The van der Waals surface area contributed by atoms with Crippen molar-refractivity contribution in [1.29, 1.82) is 0 Å². The third kappa shape index (κ3) is 3.51. The molecule has 0 aliphatic heterocycles. The topological polar surface area (TPSA) is 99.2 Å². The Morgan fingerprint density at radius 1 is 1.50 bits per heavy atom. The summed E-state index contributed by atoms with van der Waals surface area (Å²) in [5, 5.41) is 14.9. The molecular weight excluding hydrogens is 280 g/mol. The van der Waals surface area contributed by atoms with Crippen LogP contribution in [0.4, 0.5) is 0 Å². The standard InChI is InChI=1S/C12H12N4O3S/c1-16(6-10-13-7-14-15-10)12(19)9-4-2-8(20-9)3-5-11(17)18/h2-5,7H,6H2,1H3,(H,17,18)(H,13,14,15). The van der Waals surface area contributed by atoms with E-state index in [1.165, 1.54) is 28.6 Å². The van der Waals surface area contributed by atoms with Crippen LogP contribution in [0.5, 0.6) is 0 Å². The van der Waals surface area contributed by atoms with Gasteiger partial charge in [-0.1, -0.05) is 0 Å². The van der Waals surface area contributed by atoms with Gasteiger partial charge in [0.1, 0.15) is 12.2 Å². The first-order valence-corrected chi connectivity index (χ1v) is 6.48. The fourth-order valence-electron chi connectivity index (χ4n) is 1.50. The minimum absolute atomic E-state index is 0.152. The van der Waals surface area contributed by atoms with Crippen molar-refractivity contribution >= 4 is 29.3 Å². The number of thiophene rings is 1. The van der Waals surface area contributed by atoms with Gasteiger partial charge in [0, 0.05) is 18.0 Å². The van der Waals surface area contributed by atoms with Crippen LogP contribution in [-0.2, 0) is 11.3 Å². The van der Waals surface area contributed by atoms with Gasteiger partial charge >= 0.3 is 5.97 Å². The van der Waals surface area contributed by atoms with Gasteiger partial charge in [-0.25, -0.2) is 9.78 Å². The van der Waals surface area contributed by atoms with E-state index in [0.717, 1.165) is 6.08 Å². The highest BCUT2D eigenvalue weighted by molar-refractivity contribution is 7.14. The quantitative estimate of drug-likeness (QED) is 0.808. The SMILES string of the molecule is CN(Cc1ncn[nH]1)C(=O)c1ccc(C=CC(=O)O)s1. The number of nitrogens with zero attached hydrogens (tertiary/aromatic N) is 3. The van der Waals surface area contributed by atoms with E-state index in [1.807, 2.05) is 0 Å². The molecule has 8 heteroatoms. The Morgan fingerprint density at radius 2 is 2.30 bits per heavy atom. The summed E-state index contributed by atoms with van der Waals surface area (Å²) < 4.78 is 0. The largest absolute Gasteiger partial charge is 0.478 e. The average Bonchev–Trinajstić information content (AvgIpc) is 3.06. The number of H-pyrrole nitrogens is 1. The summed E-state index contributed by atoms with van der Waals surface area (Å²) in [5.74, 6) is -0.571. The number of hydrogen-bond donors (Lipinski definition) is 2. The monoisotopic (exact) mass is 292 g/mol. The van der Waals surface area contributed by atoms with Crippen LogP contribution in [0.15, 0.2) is 24.5 Å². The van der Waals surface area contributed by atoms with Crippen molar-refractivity contribution in [3.8, 4) is 0 Å². The van der Waals surface area contributed by atoms with Crippen LogP contribution in [-0.4, -0.2) is 44.1 Å². The van der Waals surface area contributed by atoms with E-state index in [4.69, 9.17) is 5.11 Å². The lowest BCUT2D eigenvalue weighted by Gasteiger charge is -2.13. The second kappa shape index (κ2) is 6.11. The zero-order valence-electron chi connectivity index (χ0n) is 10.6. The number of aromatic nitrogens is 3. The van der Waals surface area contributed by atoms with E-state index in [1.54, 1.807) is 19.2 Å². The Hall–Kier alpha value is -2.48. The highest BCUT2D eigenvalue weighted by atomic mass is 32.1. The number of carbonyl (C=O) groups is 2. The molecule has 2 aromatic rings. The summed E-state index contributed by atoms with van der Waals surface area (Å²) in [6, 6.07) is 3.38. The van der Waals surface area contributed by atoms with E-state index in [0.29, 0.717) is 22.1 Å². The molecule has 104 valence electrons. The molecule has 2 rings (SSSR count). The maximum atomic E-state index is 12.2. The molecule has 0 saturated carbocycles. The van der Waals surface area contributed by atoms with Gasteiger partial charge in [-0.3, -0.25) is 9.89 Å². The van der Waals surface area contributed by atoms with Crippen LogP contribution < -0.4 is 0 Å². The highest BCUT2D eigenvalue weighted by Gasteiger charge is 2.15. The minimum atomic E-state index is -1.02. The first kappa shape index (κ1) is 13.9. The molecule has 0 bridgehead atoms. The van der Waals surface area contributed by atoms with Gasteiger partial charge in [0.25, 0.3) is 5.91 Å². The van der Waals surface area contributed by atoms with Crippen LogP contribution in [0.25, 0.3) is 6.08 Å². The number of carboxylic acids is 1. The number of aliphatic carboxylic acids is 1. The van der Waals surface area contributed by atoms with Gasteiger partial charge in [0.15, 0.2) is 0 Å². The number of rotatable bonds is 5. The first-order chi connectivity index (χ1) is 9.56. The van der Waals surface area contributed by atoms with Gasteiger partial charge in [-0.05, 0) is 18.2 Å². The molecule has 0 aliphatic carbocycles. The molecular formula is C12H12N4O3S. The Bertz CT molecular complexity index is 633. The van der Waals surface area contributed by atoms with Crippen molar-refractivity contribution in [2.24, 2.45) is 0 Å². The van der Waals surface area contributed by atoms with Crippen LogP contribution in [0, 0.1) is 0 Å². The average molecular weight is 292 g/mol. The fraction of sp³-hybridized carbons (Fsp3) is 0.167. The number of hydrogen-bond acceptors (Lipinski definition) is 5. The van der Waals surface area contributed by atoms with Crippen LogP contribution >= 0.6 is 11.3 Å². The Kier molecular flexibility index (Phi) is 4.26. The van der Waals surface area contributed by atoms with Crippen molar-refractivity contribution in [3.05, 3.63) is 40.1 Å². The maximum Gasteiger partial charge on any atom is 0.328 e. The van der Waals surface area contributed by atoms with Crippen molar-refractivity contribution in [3.63, 3.8) is 0 Å². The van der Waals surface area contributed by atoms with Crippen LogP contribution in [0.3, 0.4) is 0 Å². The number of carbonyl (C=O) groups excluding carboxylic acids is 1. The molecule has 0 spiro atoms. The Morgan fingerprint density at radius 3 is 2.95 bits per heavy atom. The van der Waals surface area contributed by atoms with E-state index < -0.39 is 5.97 Å². The maximum absolute atomic E-state index is 12.2. The Labute approximate surface area is 118 Å². The molecule has 0 aliphatic rings. The van der Waals surface area contributed by atoms with Crippen molar-refractivity contribution in [2.75, 3.05) is 7.05 Å². The predicted octanol–water partition coefficient (Wildman–Crippen LogP) is 1.24. The minimum Gasteiger partial charge on any atom is -0.478 e. The van der Waals surface area contributed by atoms with Gasteiger partial charge in [0.2, 0.25) is 0 Å². The molecule has 1 amide bonds. The van der Waals surface area contributed by atoms with E-state index in [-0.39, 0.29) is 5.91 Å². The molecule has 0 radical (unpaired) electrons. The zero-order chi connectivity index (χ0) is 14.5. The van der Waals surface area contributed by atoms with Crippen molar-refractivity contribution < 1.29 is 14.7 Å². The van der Waals surface area contributed by atoms with Gasteiger partial charge in [-0.2, -0.15) is 5.10 Å². The van der Waals surface area contributed by atoms with Crippen molar-refractivity contribution in [2.45, 2.75) is 6.54 Å². The van der Waals surface area contributed by atoms with E-state index >= 15 is 0 Å². The van der Waals surface area contributed by atoms with E-state index in [2.05, 4.69) is 15.2 Å². The van der Waals surface area contributed by atoms with Gasteiger partial charge < -0.3 is 10.0 Å². The number of carboxylic acid groups (broad SMARTS) is 1. The molecule has 2 heterocycles. The van der Waals surface area contributed by atoms with Gasteiger partial charge in [0.05, 0.1) is 11.4 Å². The summed E-state index contributed by atoms with van der Waals surface area (Å²) in [7, 11) is 1.66. The van der Waals surface area contributed by atoms with Crippen LogP contribution in [0.2, 0.25) is 0 Å². The zero-order valence-corrected chi connectivity index (χ0v) is 11.4. The second-order valence-electron chi connectivity index (χ2n) is 3.97. The molecule has 20 heavy (non-hydrogen) atoms. The molecule has 0 unspecified atom stereocenters. The normalized spacial score (nSPS) is 10.8. The lowest BCUT2D eigenvalue weighted by Crippen LogP contribution is -2.25. The molecule has 7 nitrogen and oxygen atoms in total. The van der Waals surface area contributed by atoms with Crippen molar-refractivity contribution in [1.82, 2.24) is 20.1 Å². The molecule has 2 aromatic heterocycles. The lowest BCUT2D eigenvalue weighted by atomic mass is 10.3. The van der Waals surface area contributed by atoms with E-state index in [9.17, 15) is 9.59 Å². The third-order valence-corrected chi connectivity index (χ3v) is 3.46. The molecule has 2 N–H and O–H groups in total. The predicted molar refractivity (Wildman–Crippen MR) is 73.2 cm³/mol. The summed E-state index contributed by atoms with van der Waals surface area (Å²) in [6.45, 7) is 0.330. The van der Waals surface area contributed by atoms with Gasteiger partial charge in [-0.15, -0.1) is 11.3 Å². The smallest absolute Gasteiger partial charge is 0.328 e. The van der Waals surface area contributed by atoms with Crippen LogP contribution in [0.1, 0.15) is 20.4 Å². The molecule has 0 fully saturated rings. The second-order valence-corrected chi connectivity index (χ2v) is 5.08. The number of nitrogens with one attached hydrogen (secondary N) is 1. The Balaban J connectivity index is 2.03. The molecule has 0 aromatic carbocycles. The number of aromatic amines is 1. The third-order valence-electron chi connectivity index (χ3n) is 2.43. The molecule has 0 atom stereocenters. The summed E-state index contributed by atoms with van der Waals surface area (Å²) in [6.07, 6.45) is 3.88. The number of amides is 1. The summed E-state index contributed by atoms with van der Waals surface area (Å²) in [5.41, 5.74) is 0. The summed E-state index contributed by atoms with van der Waals surface area (Å²) >= 11 is 1.24.